The smallest absolute Gasteiger partial charge is 0.134 e. The van der Waals surface area contributed by atoms with E-state index in [0.29, 0.717) is 0 Å². The Kier molecular flexibility index (Phi) is 3.74. The second kappa shape index (κ2) is 4.36. The van der Waals surface area contributed by atoms with Crippen LogP contribution in [-0.4, -0.2) is 41.3 Å². The average molecular weight is 220 g/mol. The van der Waals surface area contributed by atoms with Crippen molar-refractivity contribution in [3.63, 3.8) is 0 Å². The molecule has 0 aromatic rings. The van der Waals surface area contributed by atoms with E-state index in [1.807, 2.05) is 20.8 Å². The molecule has 4 heteroatoms. The first-order valence-electron chi connectivity index (χ1n) is 5.37. The molecule has 0 saturated carbocycles. The lowest BCUT2D eigenvalue weighted by atomic mass is 9.77. The highest BCUT2D eigenvalue weighted by molar-refractivity contribution is 4.94. The van der Waals surface area contributed by atoms with E-state index in [1.165, 1.54) is 0 Å². The Morgan fingerprint density at radius 2 is 1.87 bits per heavy atom. The van der Waals surface area contributed by atoms with Gasteiger partial charge in [0.1, 0.15) is 12.3 Å². The standard InChI is InChI=1S/C11H21FO3/c1-6-8(12)7(5-13)15-10(9(6)14)11(2,3)4/h6-10,13-14H,5H2,1-4H3. The van der Waals surface area contributed by atoms with Crippen LogP contribution >= 0.6 is 0 Å². The molecule has 0 spiro atoms. The molecule has 0 aliphatic carbocycles. The lowest BCUT2D eigenvalue weighted by Gasteiger charge is -2.45. The fraction of sp³-hybridized carbons (Fsp3) is 1.00. The van der Waals surface area contributed by atoms with E-state index in [0.717, 1.165) is 0 Å². The van der Waals surface area contributed by atoms with Gasteiger partial charge >= 0.3 is 0 Å². The van der Waals surface area contributed by atoms with E-state index in [4.69, 9.17) is 9.84 Å². The minimum atomic E-state index is -1.30. The molecule has 3 nitrogen and oxygen atoms in total. The van der Waals surface area contributed by atoms with Crippen molar-refractivity contribution < 1.29 is 19.3 Å². The molecule has 0 aromatic carbocycles. The summed E-state index contributed by atoms with van der Waals surface area (Å²) in [7, 11) is 0. The van der Waals surface area contributed by atoms with Crippen LogP contribution < -0.4 is 0 Å². The Hall–Kier alpha value is -0.190. The monoisotopic (exact) mass is 220 g/mol. The molecule has 5 atom stereocenters. The van der Waals surface area contributed by atoms with E-state index < -0.39 is 30.4 Å². The summed E-state index contributed by atoms with van der Waals surface area (Å²) in [6.45, 7) is 7.10. The molecule has 90 valence electrons. The lowest BCUT2D eigenvalue weighted by Crippen LogP contribution is -2.56. The van der Waals surface area contributed by atoms with Crippen molar-refractivity contribution in [1.82, 2.24) is 0 Å². The van der Waals surface area contributed by atoms with Gasteiger partial charge in [-0.25, -0.2) is 4.39 Å². The van der Waals surface area contributed by atoms with Crippen LogP contribution in [0.15, 0.2) is 0 Å². The SMILES string of the molecule is CC1C(O)C(C(C)(C)C)OC(CO)C1F. The molecule has 0 aromatic heterocycles. The maximum Gasteiger partial charge on any atom is 0.134 e. The molecule has 5 unspecified atom stereocenters. The summed E-state index contributed by atoms with van der Waals surface area (Å²) in [6, 6.07) is 0. The zero-order chi connectivity index (χ0) is 11.8. The van der Waals surface area contributed by atoms with Crippen LogP contribution in [0.25, 0.3) is 0 Å². The summed E-state index contributed by atoms with van der Waals surface area (Å²) in [5, 5.41) is 18.9. The minimum absolute atomic E-state index is 0.263. The second-order valence-corrected chi connectivity index (χ2v) is 5.44. The Bertz CT molecular complexity index is 212. The van der Waals surface area contributed by atoms with Crippen molar-refractivity contribution in [3.8, 4) is 0 Å². The summed E-state index contributed by atoms with van der Waals surface area (Å²) in [5.74, 6) is -0.500. The first kappa shape index (κ1) is 12.9. The van der Waals surface area contributed by atoms with Crippen molar-refractivity contribution in [1.29, 1.82) is 0 Å². The molecule has 1 heterocycles. The lowest BCUT2D eigenvalue weighted by molar-refractivity contribution is -0.214. The minimum Gasteiger partial charge on any atom is -0.394 e. The quantitative estimate of drug-likeness (QED) is 0.696. The molecule has 1 aliphatic heterocycles. The van der Waals surface area contributed by atoms with Crippen molar-refractivity contribution in [2.45, 2.75) is 52.2 Å². The van der Waals surface area contributed by atoms with Gasteiger partial charge in [0.05, 0.1) is 18.8 Å². The molecule has 1 saturated heterocycles. The highest BCUT2D eigenvalue weighted by Crippen LogP contribution is 2.36. The van der Waals surface area contributed by atoms with Gasteiger partial charge in [-0.15, -0.1) is 0 Å². The Labute approximate surface area is 90.3 Å². The Balaban J connectivity index is 2.83. The normalized spacial score (nSPS) is 43.0. The van der Waals surface area contributed by atoms with Gasteiger partial charge in [-0.3, -0.25) is 0 Å². The molecule has 15 heavy (non-hydrogen) atoms. The fourth-order valence-electron chi connectivity index (χ4n) is 2.01. The summed E-state index contributed by atoms with van der Waals surface area (Å²) in [6.07, 6.45) is -3.37. The highest BCUT2D eigenvalue weighted by atomic mass is 19.1. The molecule has 1 aliphatic rings. The van der Waals surface area contributed by atoms with Gasteiger partial charge in [-0.1, -0.05) is 27.7 Å². The number of hydrogen-bond donors (Lipinski definition) is 2. The summed E-state index contributed by atoms with van der Waals surface area (Å²) >= 11 is 0. The van der Waals surface area contributed by atoms with Crippen LogP contribution in [0.3, 0.4) is 0 Å². The van der Waals surface area contributed by atoms with Crippen molar-refractivity contribution in [3.05, 3.63) is 0 Å². The average Bonchev–Trinajstić information content (AvgIpc) is 2.13. The van der Waals surface area contributed by atoms with Crippen LogP contribution in [0.1, 0.15) is 27.7 Å². The summed E-state index contributed by atoms with van der Waals surface area (Å²) < 4.78 is 19.0. The zero-order valence-electron chi connectivity index (χ0n) is 9.77. The van der Waals surface area contributed by atoms with Crippen LogP contribution in [0.4, 0.5) is 4.39 Å². The predicted octanol–water partition coefficient (Wildman–Crippen LogP) is 1.13. The van der Waals surface area contributed by atoms with Crippen molar-refractivity contribution in [2.75, 3.05) is 6.61 Å². The van der Waals surface area contributed by atoms with Gasteiger partial charge in [-0.05, 0) is 5.41 Å². The summed E-state index contributed by atoms with van der Waals surface area (Å²) in [4.78, 5) is 0. The van der Waals surface area contributed by atoms with Gasteiger partial charge in [-0.2, -0.15) is 0 Å². The van der Waals surface area contributed by atoms with Gasteiger partial charge in [0.2, 0.25) is 0 Å². The van der Waals surface area contributed by atoms with E-state index >= 15 is 0 Å². The largest absolute Gasteiger partial charge is 0.394 e. The molecular weight excluding hydrogens is 199 g/mol. The van der Waals surface area contributed by atoms with Crippen LogP contribution in [0, 0.1) is 11.3 Å². The van der Waals surface area contributed by atoms with E-state index in [2.05, 4.69) is 0 Å². The number of halogens is 1. The number of hydrogen-bond acceptors (Lipinski definition) is 3. The first-order chi connectivity index (χ1) is 6.79. The third-order valence-electron chi connectivity index (χ3n) is 3.06. The van der Waals surface area contributed by atoms with Gasteiger partial charge < -0.3 is 14.9 Å². The molecule has 0 radical (unpaired) electrons. The van der Waals surface area contributed by atoms with Crippen LogP contribution in [0.2, 0.25) is 0 Å². The Morgan fingerprint density at radius 3 is 2.27 bits per heavy atom. The van der Waals surface area contributed by atoms with Crippen LogP contribution in [0.5, 0.6) is 0 Å². The number of aliphatic hydroxyl groups excluding tert-OH is 2. The number of ether oxygens (including phenoxy) is 1. The molecular formula is C11H21FO3. The molecule has 2 N–H and O–H groups in total. The number of alkyl halides is 1. The summed E-state index contributed by atoms with van der Waals surface area (Å²) in [5.41, 5.74) is -0.263. The number of aliphatic hydroxyl groups is 2. The maximum absolute atomic E-state index is 13.6. The third-order valence-corrected chi connectivity index (χ3v) is 3.06. The van der Waals surface area contributed by atoms with E-state index in [9.17, 15) is 9.50 Å². The van der Waals surface area contributed by atoms with Crippen molar-refractivity contribution in [2.24, 2.45) is 11.3 Å². The van der Waals surface area contributed by atoms with Gasteiger partial charge in [0, 0.05) is 5.92 Å². The second-order valence-electron chi connectivity index (χ2n) is 5.44. The van der Waals surface area contributed by atoms with Gasteiger partial charge in [0.25, 0.3) is 0 Å². The fourth-order valence-corrected chi connectivity index (χ4v) is 2.01. The predicted molar refractivity (Wildman–Crippen MR) is 55.3 cm³/mol. The third kappa shape index (κ3) is 2.49. The van der Waals surface area contributed by atoms with E-state index in [-0.39, 0.29) is 12.0 Å². The van der Waals surface area contributed by atoms with Gasteiger partial charge in [0.15, 0.2) is 0 Å². The van der Waals surface area contributed by atoms with Crippen LogP contribution in [-0.2, 0) is 4.74 Å². The topological polar surface area (TPSA) is 49.7 Å². The number of rotatable bonds is 1. The zero-order valence-corrected chi connectivity index (χ0v) is 9.77. The van der Waals surface area contributed by atoms with Crippen molar-refractivity contribution >= 4 is 0 Å². The molecule has 0 amide bonds. The Morgan fingerprint density at radius 1 is 1.33 bits per heavy atom. The first-order valence-corrected chi connectivity index (χ1v) is 5.37. The van der Waals surface area contributed by atoms with E-state index in [1.54, 1.807) is 6.92 Å². The molecule has 1 fully saturated rings. The highest BCUT2D eigenvalue weighted by Gasteiger charge is 2.46. The molecule has 1 rings (SSSR count). The molecule has 0 bridgehead atoms. The maximum atomic E-state index is 13.6.